The number of rotatable bonds is 6. The molecule has 0 aliphatic rings. The van der Waals surface area contributed by atoms with Gasteiger partial charge in [0.05, 0.1) is 6.61 Å². The highest BCUT2D eigenvalue weighted by Crippen LogP contribution is 2.19. The molecule has 2 N–H and O–H groups in total. The molecule has 1 aromatic carbocycles. The number of aliphatic hydroxyl groups excluding tert-OH is 1. The van der Waals surface area contributed by atoms with Gasteiger partial charge in [-0.3, -0.25) is 4.79 Å². The van der Waals surface area contributed by atoms with Gasteiger partial charge in [0, 0.05) is 21.8 Å². The van der Waals surface area contributed by atoms with E-state index in [0.29, 0.717) is 0 Å². The fraction of sp³-hybridized carbons (Fsp3) is 0.400. The molecular formula is C15H20BrNO2S. The summed E-state index contributed by atoms with van der Waals surface area (Å²) in [5.74, 6) is -0.155. The van der Waals surface area contributed by atoms with Crippen molar-refractivity contribution in [2.24, 2.45) is 0 Å². The molecule has 110 valence electrons. The Morgan fingerprint density at radius 3 is 2.80 bits per heavy atom. The van der Waals surface area contributed by atoms with Crippen molar-refractivity contribution in [3.8, 4) is 0 Å². The monoisotopic (exact) mass is 357 g/mol. The summed E-state index contributed by atoms with van der Waals surface area (Å²) < 4.78 is 0.965. The maximum absolute atomic E-state index is 11.8. The van der Waals surface area contributed by atoms with Gasteiger partial charge in [-0.25, -0.2) is 0 Å². The largest absolute Gasteiger partial charge is 0.395 e. The number of aryl methyl sites for hydroxylation is 1. The summed E-state index contributed by atoms with van der Waals surface area (Å²) >= 11 is 5.02. The number of hydrogen-bond donors (Lipinski definition) is 2. The summed E-state index contributed by atoms with van der Waals surface area (Å²) in [7, 11) is 0. The maximum atomic E-state index is 11.8. The van der Waals surface area contributed by atoms with Gasteiger partial charge in [-0.1, -0.05) is 28.1 Å². The molecule has 0 aliphatic heterocycles. The second-order valence-corrected chi connectivity index (χ2v) is 6.54. The molecule has 3 nitrogen and oxygen atoms in total. The van der Waals surface area contributed by atoms with Gasteiger partial charge in [0.25, 0.3) is 0 Å². The normalized spacial score (nSPS) is 14.2. The van der Waals surface area contributed by atoms with Crippen LogP contribution in [0.5, 0.6) is 0 Å². The smallest absolute Gasteiger partial charge is 0.244 e. The van der Waals surface area contributed by atoms with Crippen molar-refractivity contribution in [3.05, 3.63) is 39.9 Å². The summed E-state index contributed by atoms with van der Waals surface area (Å²) in [5.41, 5.74) is 2.12. The Hall–Kier alpha value is -0.780. The molecule has 1 aromatic rings. The van der Waals surface area contributed by atoms with Gasteiger partial charge in [-0.15, -0.1) is 0 Å². The molecule has 1 amide bonds. The molecular weight excluding hydrogens is 338 g/mol. The lowest BCUT2D eigenvalue weighted by molar-refractivity contribution is -0.117. The van der Waals surface area contributed by atoms with Gasteiger partial charge in [0.2, 0.25) is 5.91 Å². The van der Waals surface area contributed by atoms with Crippen molar-refractivity contribution >= 4 is 39.7 Å². The van der Waals surface area contributed by atoms with Crippen molar-refractivity contribution in [1.29, 1.82) is 0 Å². The fourth-order valence-electron chi connectivity index (χ4n) is 1.74. The molecule has 20 heavy (non-hydrogen) atoms. The van der Waals surface area contributed by atoms with Crippen molar-refractivity contribution in [2.75, 3.05) is 12.9 Å². The van der Waals surface area contributed by atoms with Crippen LogP contribution in [0.25, 0.3) is 6.08 Å². The number of carbonyl (C=O) groups is 1. The van der Waals surface area contributed by atoms with Gasteiger partial charge < -0.3 is 10.4 Å². The highest BCUT2D eigenvalue weighted by atomic mass is 79.9. The summed E-state index contributed by atoms with van der Waals surface area (Å²) in [6.45, 7) is 3.96. The number of amides is 1. The summed E-state index contributed by atoms with van der Waals surface area (Å²) in [4.78, 5) is 11.8. The molecule has 0 aliphatic carbocycles. The molecule has 5 heteroatoms. The molecule has 1 rings (SSSR count). The molecule has 0 bridgehead atoms. The van der Waals surface area contributed by atoms with E-state index >= 15 is 0 Å². The minimum atomic E-state index is -0.155. The van der Waals surface area contributed by atoms with Crippen LogP contribution in [-0.2, 0) is 4.79 Å². The quantitative estimate of drug-likeness (QED) is 0.769. The number of carbonyl (C=O) groups excluding carboxylic acids is 1. The van der Waals surface area contributed by atoms with Crippen molar-refractivity contribution in [2.45, 2.75) is 25.1 Å². The zero-order valence-corrected chi connectivity index (χ0v) is 14.3. The summed E-state index contributed by atoms with van der Waals surface area (Å²) in [5, 5.41) is 12.1. The van der Waals surface area contributed by atoms with Gasteiger partial charge in [-0.05, 0) is 43.4 Å². The minimum Gasteiger partial charge on any atom is -0.395 e. The van der Waals surface area contributed by atoms with E-state index in [1.807, 2.05) is 38.3 Å². The average Bonchev–Trinajstić information content (AvgIpc) is 2.39. The second kappa shape index (κ2) is 8.49. The van der Waals surface area contributed by atoms with Crippen molar-refractivity contribution in [1.82, 2.24) is 5.32 Å². The second-order valence-electron chi connectivity index (χ2n) is 4.61. The van der Waals surface area contributed by atoms with Crippen LogP contribution in [0.3, 0.4) is 0 Å². The van der Waals surface area contributed by atoms with E-state index in [4.69, 9.17) is 0 Å². The molecule has 2 unspecified atom stereocenters. The van der Waals surface area contributed by atoms with E-state index < -0.39 is 0 Å². The Bertz CT molecular complexity index is 487. The van der Waals surface area contributed by atoms with Gasteiger partial charge in [-0.2, -0.15) is 11.8 Å². The number of nitrogens with one attached hydrogen (secondary N) is 1. The number of thioether (sulfide) groups is 1. The van der Waals surface area contributed by atoms with Gasteiger partial charge in [0.1, 0.15) is 0 Å². The first kappa shape index (κ1) is 17.3. The van der Waals surface area contributed by atoms with E-state index in [-0.39, 0.29) is 23.8 Å². The van der Waals surface area contributed by atoms with Crippen LogP contribution in [0.15, 0.2) is 28.7 Å². The number of hydrogen-bond acceptors (Lipinski definition) is 3. The van der Waals surface area contributed by atoms with Crippen LogP contribution in [-0.4, -0.2) is 35.2 Å². The van der Waals surface area contributed by atoms with E-state index in [9.17, 15) is 9.90 Å². The minimum absolute atomic E-state index is 0.0125. The molecule has 0 spiro atoms. The van der Waals surface area contributed by atoms with Gasteiger partial charge >= 0.3 is 0 Å². The van der Waals surface area contributed by atoms with E-state index in [2.05, 4.69) is 21.2 Å². The van der Waals surface area contributed by atoms with Gasteiger partial charge in [0.15, 0.2) is 0 Å². The first-order valence-corrected chi connectivity index (χ1v) is 8.44. The van der Waals surface area contributed by atoms with Crippen LogP contribution in [0.1, 0.15) is 18.1 Å². The highest BCUT2D eigenvalue weighted by Gasteiger charge is 2.16. The Morgan fingerprint density at radius 1 is 1.55 bits per heavy atom. The maximum Gasteiger partial charge on any atom is 0.244 e. The zero-order chi connectivity index (χ0) is 15.1. The molecule has 0 saturated carbocycles. The fourth-order valence-corrected chi connectivity index (χ4v) is 2.99. The average molecular weight is 358 g/mol. The van der Waals surface area contributed by atoms with Crippen molar-refractivity contribution in [3.63, 3.8) is 0 Å². The number of benzene rings is 1. The number of aliphatic hydroxyl groups is 1. The molecule has 0 heterocycles. The van der Waals surface area contributed by atoms with E-state index in [1.165, 1.54) is 6.08 Å². The number of halogens is 1. The third-order valence-corrected chi connectivity index (χ3v) is 4.83. The molecule has 2 atom stereocenters. The van der Waals surface area contributed by atoms with Crippen LogP contribution in [0.2, 0.25) is 0 Å². The predicted octanol–water partition coefficient (Wildman–Crippen LogP) is 3.00. The summed E-state index contributed by atoms with van der Waals surface area (Å²) in [6.07, 6.45) is 5.21. The van der Waals surface area contributed by atoms with Crippen molar-refractivity contribution < 1.29 is 9.90 Å². The standard InChI is InChI=1S/C15H20BrNO2S/c1-10-4-5-12(13(16)8-10)6-7-15(19)17-11(2)14(9-18)20-3/h4-8,11,14,18H,9H2,1-3H3,(H,17,19)/b7-6+. The van der Waals surface area contributed by atoms with Crippen LogP contribution in [0, 0.1) is 6.92 Å². The lowest BCUT2D eigenvalue weighted by Gasteiger charge is -2.20. The van der Waals surface area contributed by atoms with E-state index in [1.54, 1.807) is 17.8 Å². The Kier molecular flexibility index (Phi) is 7.34. The SMILES string of the molecule is CSC(CO)C(C)NC(=O)/C=C/c1ccc(C)cc1Br. The Balaban J connectivity index is 2.63. The van der Waals surface area contributed by atoms with E-state index in [0.717, 1.165) is 15.6 Å². The zero-order valence-electron chi connectivity index (χ0n) is 11.9. The lowest BCUT2D eigenvalue weighted by atomic mass is 10.1. The molecule has 0 saturated heterocycles. The molecule has 0 radical (unpaired) electrons. The summed E-state index contributed by atoms with van der Waals surface area (Å²) in [6, 6.07) is 5.90. The predicted molar refractivity (Wildman–Crippen MR) is 89.9 cm³/mol. The lowest BCUT2D eigenvalue weighted by Crippen LogP contribution is -2.40. The first-order chi connectivity index (χ1) is 9.47. The van der Waals surface area contributed by atoms with Crippen LogP contribution >= 0.6 is 27.7 Å². The first-order valence-electron chi connectivity index (χ1n) is 6.36. The third kappa shape index (κ3) is 5.31. The topological polar surface area (TPSA) is 49.3 Å². The Morgan fingerprint density at radius 2 is 2.25 bits per heavy atom. The molecule has 0 aromatic heterocycles. The van der Waals surface area contributed by atoms with Crippen LogP contribution in [0.4, 0.5) is 0 Å². The molecule has 0 fully saturated rings. The van der Waals surface area contributed by atoms with Crippen LogP contribution < -0.4 is 5.32 Å². The third-order valence-electron chi connectivity index (χ3n) is 2.98. The highest BCUT2D eigenvalue weighted by molar-refractivity contribution is 9.10. The Labute approximate surface area is 133 Å².